The molecular formula is C19H20BNO3. The van der Waals surface area contributed by atoms with E-state index in [0.29, 0.717) is 11.5 Å². The number of benzene rings is 2. The van der Waals surface area contributed by atoms with Crippen molar-refractivity contribution < 1.29 is 14.5 Å². The van der Waals surface area contributed by atoms with Gasteiger partial charge in [-0.25, -0.2) is 0 Å². The summed E-state index contributed by atoms with van der Waals surface area (Å²) in [5.74, 6) is 0.0567. The van der Waals surface area contributed by atoms with Crippen molar-refractivity contribution in [1.82, 2.24) is 0 Å². The molecule has 0 radical (unpaired) electrons. The molecule has 24 heavy (non-hydrogen) atoms. The molecule has 2 aromatic rings. The minimum absolute atomic E-state index is 0.0128. The third-order valence-corrected chi connectivity index (χ3v) is 4.38. The normalized spacial score (nSPS) is 16.3. The first-order valence-corrected chi connectivity index (χ1v) is 8.11. The number of fused-ring (bicyclic) bond motifs is 1. The van der Waals surface area contributed by atoms with E-state index in [2.05, 4.69) is 13.8 Å². The van der Waals surface area contributed by atoms with Crippen LogP contribution >= 0.6 is 0 Å². The second kappa shape index (κ2) is 6.71. The van der Waals surface area contributed by atoms with Crippen LogP contribution in [0.25, 0.3) is 0 Å². The van der Waals surface area contributed by atoms with E-state index >= 15 is 0 Å². The van der Waals surface area contributed by atoms with Crippen molar-refractivity contribution in [3.63, 3.8) is 0 Å². The van der Waals surface area contributed by atoms with Crippen LogP contribution in [-0.2, 0) is 4.65 Å². The summed E-state index contributed by atoms with van der Waals surface area (Å²) >= 11 is 0. The van der Waals surface area contributed by atoms with Crippen molar-refractivity contribution >= 4 is 24.1 Å². The molecule has 5 heteroatoms. The minimum atomic E-state index is -0.995. The Morgan fingerprint density at radius 2 is 1.96 bits per heavy atom. The van der Waals surface area contributed by atoms with Crippen molar-refractivity contribution in [3.8, 4) is 0 Å². The molecule has 0 bridgehead atoms. The van der Waals surface area contributed by atoms with Gasteiger partial charge in [0, 0.05) is 12.0 Å². The smallest absolute Gasteiger partial charge is 0.423 e. The molecule has 0 saturated heterocycles. The maximum atomic E-state index is 12.4. The first kappa shape index (κ1) is 16.6. The highest BCUT2D eigenvalue weighted by atomic mass is 16.5. The summed E-state index contributed by atoms with van der Waals surface area (Å²) in [6.07, 6.45) is -0.312. The van der Waals surface area contributed by atoms with Crippen molar-refractivity contribution in [1.29, 1.82) is 5.41 Å². The third-order valence-electron chi connectivity index (χ3n) is 4.38. The molecule has 0 spiro atoms. The van der Waals surface area contributed by atoms with Gasteiger partial charge in [-0.05, 0) is 22.5 Å². The van der Waals surface area contributed by atoms with Crippen LogP contribution in [0, 0.1) is 5.41 Å². The second-order valence-corrected chi connectivity index (χ2v) is 6.40. The van der Waals surface area contributed by atoms with Crippen LogP contribution in [0.15, 0.2) is 48.5 Å². The summed E-state index contributed by atoms with van der Waals surface area (Å²) in [7, 11) is -0.995. The topological polar surface area (TPSA) is 70.4 Å². The average molecular weight is 321 g/mol. The largest absolute Gasteiger partial charge is 0.491 e. The van der Waals surface area contributed by atoms with E-state index in [0.717, 1.165) is 16.6 Å². The molecule has 0 fully saturated rings. The van der Waals surface area contributed by atoms with Crippen LogP contribution in [0.2, 0.25) is 0 Å². The van der Waals surface area contributed by atoms with Gasteiger partial charge in [-0.2, -0.15) is 0 Å². The van der Waals surface area contributed by atoms with E-state index < -0.39 is 13.2 Å². The number of nitrogens with one attached hydrogen (secondary N) is 1. The zero-order valence-corrected chi connectivity index (χ0v) is 13.8. The number of ketones is 1. The Balaban J connectivity index is 1.81. The molecule has 0 aromatic heterocycles. The van der Waals surface area contributed by atoms with E-state index in [4.69, 9.17) is 10.1 Å². The van der Waals surface area contributed by atoms with Crippen LogP contribution in [0.4, 0.5) is 0 Å². The number of carbonyl (C=O) groups is 1. The Hall–Kier alpha value is -2.24. The first-order valence-electron chi connectivity index (χ1n) is 8.11. The number of Topliss-reactive ketones (excluding diaryl/α,β-unsaturated/α-hetero) is 1. The summed E-state index contributed by atoms with van der Waals surface area (Å²) in [6, 6.07) is 14.7. The van der Waals surface area contributed by atoms with Crippen LogP contribution in [-0.4, -0.2) is 23.6 Å². The Kier molecular flexibility index (Phi) is 4.65. The first-order chi connectivity index (χ1) is 11.5. The Bertz CT molecular complexity index is 773. The Morgan fingerprint density at radius 1 is 1.25 bits per heavy atom. The Labute approximate surface area is 142 Å². The van der Waals surface area contributed by atoms with Gasteiger partial charge in [0.15, 0.2) is 0 Å². The molecule has 2 aromatic carbocycles. The molecule has 2 N–H and O–H groups in total. The molecule has 0 amide bonds. The van der Waals surface area contributed by atoms with E-state index in [1.165, 1.54) is 0 Å². The quantitative estimate of drug-likeness (QED) is 0.505. The van der Waals surface area contributed by atoms with E-state index in [1.54, 1.807) is 24.3 Å². The molecule has 1 aliphatic rings. The second-order valence-electron chi connectivity index (χ2n) is 6.40. The van der Waals surface area contributed by atoms with E-state index in [1.807, 2.05) is 24.3 Å². The van der Waals surface area contributed by atoms with Crippen molar-refractivity contribution in [2.75, 3.05) is 0 Å². The average Bonchev–Trinajstić information content (AvgIpc) is 2.90. The van der Waals surface area contributed by atoms with E-state index in [9.17, 15) is 9.82 Å². The van der Waals surface area contributed by atoms with Crippen molar-refractivity contribution in [3.05, 3.63) is 65.2 Å². The zero-order valence-electron chi connectivity index (χ0n) is 13.8. The minimum Gasteiger partial charge on any atom is -0.423 e. The molecule has 1 heterocycles. The maximum absolute atomic E-state index is 12.4. The molecule has 1 aliphatic heterocycles. The molecular weight excluding hydrogens is 301 g/mol. The van der Waals surface area contributed by atoms with Gasteiger partial charge >= 0.3 is 7.12 Å². The van der Waals surface area contributed by atoms with Gasteiger partial charge in [0.1, 0.15) is 0 Å². The van der Waals surface area contributed by atoms with Crippen LogP contribution in [0.5, 0.6) is 0 Å². The summed E-state index contributed by atoms with van der Waals surface area (Å²) in [5.41, 5.74) is 3.24. The van der Waals surface area contributed by atoms with Crippen LogP contribution < -0.4 is 5.46 Å². The lowest BCUT2D eigenvalue weighted by molar-refractivity contribution is 0.105. The number of rotatable bonds is 5. The molecule has 1 unspecified atom stereocenters. The highest BCUT2D eigenvalue weighted by Gasteiger charge is 2.36. The number of hydrogen-bond acceptors (Lipinski definition) is 4. The summed E-state index contributed by atoms with van der Waals surface area (Å²) in [6.45, 7) is 4.20. The summed E-state index contributed by atoms with van der Waals surface area (Å²) in [4.78, 5) is 12.4. The molecule has 0 saturated carbocycles. The molecule has 4 nitrogen and oxygen atoms in total. The third kappa shape index (κ3) is 3.18. The predicted molar refractivity (Wildman–Crippen MR) is 95.1 cm³/mol. The zero-order chi connectivity index (χ0) is 17.3. The Morgan fingerprint density at radius 3 is 2.62 bits per heavy atom. The fourth-order valence-corrected chi connectivity index (χ4v) is 2.96. The highest BCUT2D eigenvalue weighted by Crippen LogP contribution is 2.29. The maximum Gasteiger partial charge on any atom is 0.491 e. The predicted octanol–water partition coefficient (Wildman–Crippen LogP) is 2.86. The lowest BCUT2D eigenvalue weighted by atomic mass is 9.78. The van der Waals surface area contributed by atoms with Crippen LogP contribution in [0.1, 0.15) is 53.8 Å². The lowest BCUT2D eigenvalue weighted by Crippen LogP contribution is -2.28. The van der Waals surface area contributed by atoms with Crippen molar-refractivity contribution in [2.24, 2.45) is 0 Å². The van der Waals surface area contributed by atoms with Crippen LogP contribution in [0.3, 0.4) is 0 Å². The molecule has 122 valence electrons. The lowest BCUT2D eigenvalue weighted by Gasteiger charge is -2.14. The number of hydrogen-bond donors (Lipinski definition) is 2. The fourth-order valence-electron chi connectivity index (χ4n) is 2.96. The van der Waals surface area contributed by atoms with Gasteiger partial charge in [0.2, 0.25) is 5.78 Å². The number of carbonyl (C=O) groups excluding carboxylic acids is 1. The van der Waals surface area contributed by atoms with Gasteiger partial charge in [-0.1, -0.05) is 62.4 Å². The van der Waals surface area contributed by atoms with Gasteiger partial charge in [-0.3, -0.25) is 4.79 Å². The fraction of sp³-hybridized carbons (Fsp3) is 0.263. The summed E-state index contributed by atoms with van der Waals surface area (Å²) in [5, 5.41) is 18.2. The SMILES string of the molecule is CC(C)c1ccc2c(c1)C(CC(=N)C(=O)c1ccccc1)OB2O. The monoisotopic (exact) mass is 321 g/mol. The van der Waals surface area contributed by atoms with E-state index in [-0.39, 0.29) is 17.9 Å². The summed E-state index contributed by atoms with van der Waals surface area (Å²) < 4.78 is 5.59. The van der Waals surface area contributed by atoms with Crippen molar-refractivity contribution in [2.45, 2.75) is 32.3 Å². The highest BCUT2D eigenvalue weighted by molar-refractivity contribution is 6.61. The molecule has 1 atom stereocenters. The molecule has 0 aliphatic carbocycles. The van der Waals surface area contributed by atoms with Gasteiger partial charge in [0.05, 0.1) is 11.8 Å². The molecule has 3 rings (SSSR count). The van der Waals surface area contributed by atoms with Gasteiger partial charge in [-0.15, -0.1) is 0 Å². The van der Waals surface area contributed by atoms with Gasteiger partial charge < -0.3 is 15.1 Å². The standard InChI is InChI=1S/C19H20BNO3/c1-12(2)14-8-9-16-15(10-14)18(24-20(16)23)11-17(21)19(22)13-6-4-3-5-7-13/h3-10,12,18,21,23H,11H2,1-2H3. The van der Waals surface area contributed by atoms with Gasteiger partial charge in [0.25, 0.3) is 0 Å².